The topological polar surface area (TPSA) is 112 Å². The van der Waals surface area contributed by atoms with Gasteiger partial charge in [-0.15, -0.1) is 0 Å². The first-order valence-electron chi connectivity index (χ1n) is 12.8. The molecule has 1 aliphatic carbocycles. The lowest BCUT2D eigenvalue weighted by molar-refractivity contribution is -0.119. The zero-order valence-electron chi connectivity index (χ0n) is 20.6. The monoisotopic (exact) mass is 499 g/mol. The number of nitrogens with zero attached hydrogens (tertiary/aromatic N) is 4. The minimum atomic E-state index is 0.0907. The third-order valence-electron chi connectivity index (χ3n) is 7.40. The Kier molecular flexibility index (Phi) is 5.43. The maximum absolute atomic E-state index is 12.6. The van der Waals surface area contributed by atoms with Gasteiger partial charge in [0.15, 0.2) is 0 Å². The quantitative estimate of drug-likeness (QED) is 0.256. The van der Waals surface area contributed by atoms with E-state index < -0.39 is 0 Å². The summed E-state index contributed by atoms with van der Waals surface area (Å²) >= 11 is 0. The van der Waals surface area contributed by atoms with E-state index in [9.17, 15) is 4.79 Å². The number of carbonyl (C=O) groups excluding carboxylic acids is 1. The summed E-state index contributed by atoms with van der Waals surface area (Å²) in [7, 11) is 0. The number of pyridine rings is 3. The van der Waals surface area contributed by atoms with Crippen LogP contribution in [0.2, 0.25) is 0 Å². The molecule has 8 nitrogen and oxygen atoms in total. The standard InChI is InChI=1S/C30H25N7O/c38-30(18-4-1-2-5-18)34-22-10-21(14-32-15-22)19-7-8-26-24(11-19)29(37-36-26)27-12-23-25(16-33-17-28(23)35-27)20-6-3-9-31-13-20/h3,6-18,35H,1-2,4-5H2,(H,34,38)(H,36,37). The van der Waals surface area contributed by atoms with Crippen LogP contribution in [0.5, 0.6) is 0 Å². The molecule has 0 atom stereocenters. The van der Waals surface area contributed by atoms with Crippen molar-refractivity contribution in [2.45, 2.75) is 25.7 Å². The summed E-state index contributed by atoms with van der Waals surface area (Å²) in [6.07, 6.45) is 15.0. The molecule has 1 fully saturated rings. The molecule has 0 saturated heterocycles. The van der Waals surface area contributed by atoms with Crippen molar-refractivity contribution in [3.8, 4) is 33.6 Å². The third-order valence-corrected chi connectivity index (χ3v) is 7.40. The molecule has 5 heterocycles. The second-order valence-corrected chi connectivity index (χ2v) is 9.84. The van der Waals surface area contributed by atoms with Crippen molar-refractivity contribution in [2.75, 3.05) is 5.32 Å². The number of fused-ring (bicyclic) bond motifs is 2. The Morgan fingerprint density at radius 3 is 2.55 bits per heavy atom. The molecular weight excluding hydrogens is 474 g/mol. The minimum absolute atomic E-state index is 0.0907. The molecule has 0 unspecified atom stereocenters. The van der Waals surface area contributed by atoms with E-state index in [1.54, 1.807) is 12.4 Å². The second kappa shape index (κ2) is 9.23. The molecule has 38 heavy (non-hydrogen) atoms. The Hall–Kier alpha value is -4.85. The number of benzene rings is 1. The maximum Gasteiger partial charge on any atom is 0.227 e. The minimum Gasteiger partial charge on any atom is -0.352 e. The van der Waals surface area contributed by atoms with E-state index in [4.69, 9.17) is 0 Å². The molecule has 0 spiro atoms. The Labute approximate surface area is 218 Å². The molecule has 0 bridgehead atoms. The van der Waals surface area contributed by atoms with Crippen molar-refractivity contribution >= 4 is 33.4 Å². The highest BCUT2D eigenvalue weighted by Crippen LogP contribution is 2.35. The molecule has 1 amide bonds. The molecule has 1 aliphatic rings. The fraction of sp³-hybridized carbons (Fsp3) is 0.167. The number of hydrogen-bond donors (Lipinski definition) is 3. The maximum atomic E-state index is 12.6. The summed E-state index contributed by atoms with van der Waals surface area (Å²) in [4.78, 5) is 29.2. The molecule has 1 aromatic carbocycles. The zero-order chi connectivity index (χ0) is 25.5. The first kappa shape index (κ1) is 22.4. The van der Waals surface area contributed by atoms with Crippen LogP contribution in [0.25, 0.3) is 55.4 Å². The molecular formula is C30H25N7O. The number of rotatable bonds is 5. The Morgan fingerprint density at radius 2 is 1.68 bits per heavy atom. The van der Waals surface area contributed by atoms with Gasteiger partial charge >= 0.3 is 0 Å². The molecule has 7 rings (SSSR count). The number of H-pyrrole nitrogens is 2. The highest BCUT2D eigenvalue weighted by atomic mass is 16.1. The van der Waals surface area contributed by atoms with Crippen molar-refractivity contribution in [3.63, 3.8) is 0 Å². The molecule has 186 valence electrons. The van der Waals surface area contributed by atoms with Gasteiger partial charge in [-0.25, -0.2) is 0 Å². The fourth-order valence-corrected chi connectivity index (χ4v) is 5.43. The highest BCUT2D eigenvalue weighted by molar-refractivity contribution is 6.01. The zero-order valence-corrected chi connectivity index (χ0v) is 20.6. The van der Waals surface area contributed by atoms with Crippen LogP contribution in [-0.2, 0) is 4.79 Å². The van der Waals surface area contributed by atoms with Crippen molar-refractivity contribution in [2.24, 2.45) is 5.92 Å². The summed E-state index contributed by atoms with van der Waals surface area (Å²) in [5.41, 5.74) is 8.28. The second-order valence-electron chi connectivity index (χ2n) is 9.84. The summed E-state index contributed by atoms with van der Waals surface area (Å²) in [6, 6.07) is 14.2. The van der Waals surface area contributed by atoms with Gasteiger partial charge in [0.05, 0.1) is 34.8 Å². The average Bonchev–Trinajstić information content (AvgIpc) is 3.73. The van der Waals surface area contributed by atoms with Gasteiger partial charge in [-0.1, -0.05) is 25.0 Å². The lowest BCUT2D eigenvalue weighted by Crippen LogP contribution is -2.20. The van der Waals surface area contributed by atoms with Gasteiger partial charge in [-0.3, -0.25) is 24.8 Å². The van der Waals surface area contributed by atoms with E-state index in [2.05, 4.69) is 47.6 Å². The number of nitrogens with one attached hydrogen (secondary N) is 3. The number of aromatic amines is 2. The number of hydrogen-bond acceptors (Lipinski definition) is 5. The van der Waals surface area contributed by atoms with E-state index in [1.807, 2.05) is 55.1 Å². The number of anilines is 1. The molecule has 5 aromatic heterocycles. The largest absolute Gasteiger partial charge is 0.352 e. The van der Waals surface area contributed by atoms with Gasteiger partial charge in [-0.05, 0) is 48.7 Å². The van der Waals surface area contributed by atoms with E-state index in [-0.39, 0.29) is 11.8 Å². The van der Waals surface area contributed by atoms with Crippen LogP contribution >= 0.6 is 0 Å². The smallest absolute Gasteiger partial charge is 0.227 e. The normalized spacial score (nSPS) is 13.9. The summed E-state index contributed by atoms with van der Waals surface area (Å²) in [6.45, 7) is 0. The summed E-state index contributed by atoms with van der Waals surface area (Å²) in [5.74, 6) is 0.196. The average molecular weight is 500 g/mol. The van der Waals surface area contributed by atoms with Crippen molar-refractivity contribution < 1.29 is 4.79 Å². The van der Waals surface area contributed by atoms with Gasteiger partial charge in [0.25, 0.3) is 0 Å². The van der Waals surface area contributed by atoms with Gasteiger partial charge < -0.3 is 10.3 Å². The highest BCUT2D eigenvalue weighted by Gasteiger charge is 2.23. The number of carbonyl (C=O) groups is 1. The molecule has 3 N–H and O–H groups in total. The van der Waals surface area contributed by atoms with E-state index in [0.717, 1.165) is 86.8 Å². The van der Waals surface area contributed by atoms with Crippen molar-refractivity contribution in [1.82, 2.24) is 30.1 Å². The van der Waals surface area contributed by atoms with Crippen LogP contribution in [0.3, 0.4) is 0 Å². The molecule has 8 heteroatoms. The van der Waals surface area contributed by atoms with E-state index in [1.165, 1.54) is 0 Å². The fourth-order valence-electron chi connectivity index (χ4n) is 5.43. The first-order valence-corrected chi connectivity index (χ1v) is 12.8. The lowest BCUT2D eigenvalue weighted by atomic mass is 10.0. The first-order chi connectivity index (χ1) is 18.7. The van der Waals surface area contributed by atoms with Crippen LogP contribution in [0, 0.1) is 5.92 Å². The van der Waals surface area contributed by atoms with Crippen molar-refractivity contribution in [1.29, 1.82) is 0 Å². The van der Waals surface area contributed by atoms with Gasteiger partial charge in [0.1, 0.15) is 5.69 Å². The van der Waals surface area contributed by atoms with Crippen LogP contribution in [0.4, 0.5) is 5.69 Å². The number of amides is 1. The molecule has 0 aliphatic heterocycles. The summed E-state index contributed by atoms with van der Waals surface area (Å²) < 4.78 is 0. The molecule has 6 aromatic rings. The number of aromatic nitrogens is 6. The van der Waals surface area contributed by atoms with Crippen LogP contribution in [-0.4, -0.2) is 36.0 Å². The van der Waals surface area contributed by atoms with Gasteiger partial charge in [-0.2, -0.15) is 5.10 Å². The lowest BCUT2D eigenvalue weighted by Gasteiger charge is -2.11. The summed E-state index contributed by atoms with van der Waals surface area (Å²) in [5, 5.41) is 12.9. The van der Waals surface area contributed by atoms with Crippen LogP contribution in [0.15, 0.2) is 79.6 Å². The van der Waals surface area contributed by atoms with E-state index >= 15 is 0 Å². The Morgan fingerprint density at radius 1 is 0.816 bits per heavy atom. The predicted molar refractivity (Wildman–Crippen MR) is 148 cm³/mol. The van der Waals surface area contributed by atoms with Gasteiger partial charge in [0.2, 0.25) is 5.91 Å². The molecule has 0 radical (unpaired) electrons. The third kappa shape index (κ3) is 4.00. The predicted octanol–water partition coefficient (Wildman–Crippen LogP) is 6.36. The SMILES string of the molecule is O=C(Nc1cncc(-c2ccc3[nH]nc(-c4cc5c(-c6cccnc6)cncc5[nH]4)c3c2)c1)C1CCCC1. The Balaban J connectivity index is 1.25. The Bertz CT molecular complexity index is 1780. The molecule has 1 saturated carbocycles. The van der Waals surface area contributed by atoms with Gasteiger partial charge in [0, 0.05) is 58.2 Å². The van der Waals surface area contributed by atoms with E-state index in [0.29, 0.717) is 0 Å². The van der Waals surface area contributed by atoms with Crippen LogP contribution < -0.4 is 5.32 Å². The van der Waals surface area contributed by atoms with Crippen molar-refractivity contribution in [3.05, 3.63) is 79.6 Å². The van der Waals surface area contributed by atoms with Crippen LogP contribution in [0.1, 0.15) is 25.7 Å².